The van der Waals surface area contributed by atoms with Gasteiger partial charge in [0.25, 0.3) is 5.91 Å². The van der Waals surface area contributed by atoms with Crippen LogP contribution in [-0.2, 0) is 32.0 Å². The fraction of sp³-hybridized carbons (Fsp3) is 0.357. The Labute approximate surface area is 326 Å². The van der Waals surface area contributed by atoms with Crippen LogP contribution in [0.3, 0.4) is 0 Å². The van der Waals surface area contributed by atoms with E-state index in [9.17, 15) is 24.0 Å². The van der Waals surface area contributed by atoms with E-state index in [4.69, 9.17) is 16.2 Å². The van der Waals surface area contributed by atoms with E-state index in [2.05, 4.69) is 38.2 Å². The monoisotopic (exact) mass is 762 g/mol. The lowest BCUT2D eigenvalue weighted by Gasteiger charge is -2.23. The van der Waals surface area contributed by atoms with Crippen molar-refractivity contribution in [2.24, 2.45) is 11.5 Å². The minimum atomic E-state index is -1.05. The third-order valence-corrected chi connectivity index (χ3v) is 9.57. The van der Waals surface area contributed by atoms with Gasteiger partial charge in [-0.1, -0.05) is 43.7 Å². The molecule has 2 atom stereocenters. The fourth-order valence-electron chi connectivity index (χ4n) is 6.69. The van der Waals surface area contributed by atoms with Crippen molar-refractivity contribution < 1.29 is 28.7 Å². The molecule has 1 aliphatic rings. The number of rotatable bonds is 12. The highest BCUT2D eigenvalue weighted by atomic mass is 16.5. The number of carbonyl (C=O) groups excluding carboxylic acids is 5. The van der Waals surface area contributed by atoms with Crippen LogP contribution in [0, 0.1) is 27.7 Å². The summed E-state index contributed by atoms with van der Waals surface area (Å²) in [5.74, 6) is -1.41. The van der Waals surface area contributed by atoms with E-state index >= 15 is 0 Å². The predicted molar refractivity (Wildman–Crippen MR) is 214 cm³/mol. The van der Waals surface area contributed by atoms with Crippen molar-refractivity contribution in [1.29, 1.82) is 0 Å². The summed E-state index contributed by atoms with van der Waals surface area (Å²) in [4.78, 5) is 74.4. The lowest BCUT2D eigenvalue weighted by atomic mass is 9.93. The Bertz CT molecular complexity index is 2130. The van der Waals surface area contributed by atoms with Gasteiger partial charge in [-0.15, -0.1) is 0 Å². The minimum Gasteiger partial charge on any atom is -0.493 e. The molecule has 0 saturated heterocycles. The predicted octanol–water partition coefficient (Wildman–Crippen LogP) is 3.49. The van der Waals surface area contributed by atoms with E-state index in [0.717, 1.165) is 35.3 Å². The van der Waals surface area contributed by atoms with Crippen LogP contribution in [0.4, 0.5) is 5.69 Å². The zero-order valence-electron chi connectivity index (χ0n) is 32.5. The minimum absolute atomic E-state index is 0.00487. The van der Waals surface area contributed by atoms with Gasteiger partial charge in [-0.05, 0) is 98.7 Å². The molecular weight excluding hydrogens is 713 g/mol. The molecule has 14 heteroatoms. The zero-order chi connectivity index (χ0) is 40.5. The number of unbranched alkanes of at least 4 members (excludes halogenated alkanes) is 1. The number of nitrogens with two attached hydrogens (primary N) is 2. The van der Waals surface area contributed by atoms with E-state index in [1.54, 1.807) is 32.0 Å². The fourth-order valence-corrected chi connectivity index (χ4v) is 6.69. The van der Waals surface area contributed by atoms with Crippen LogP contribution in [-0.4, -0.2) is 71.3 Å². The number of benzene rings is 3. The van der Waals surface area contributed by atoms with Crippen molar-refractivity contribution in [2.45, 2.75) is 78.8 Å². The first-order chi connectivity index (χ1) is 26.8. The molecule has 1 aliphatic heterocycles. The van der Waals surface area contributed by atoms with E-state index in [1.807, 2.05) is 44.2 Å². The van der Waals surface area contributed by atoms with Crippen LogP contribution in [0.1, 0.15) is 70.1 Å². The molecular formula is C42H50N8O6. The maximum absolute atomic E-state index is 14.0. The lowest BCUT2D eigenvalue weighted by molar-refractivity contribution is -0.128. The van der Waals surface area contributed by atoms with E-state index in [1.165, 1.54) is 6.20 Å². The van der Waals surface area contributed by atoms with Gasteiger partial charge in [0.15, 0.2) is 5.82 Å². The van der Waals surface area contributed by atoms with Crippen LogP contribution in [0.5, 0.6) is 5.75 Å². The van der Waals surface area contributed by atoms with Crippen LogP contribution >= 0.6 is 0 Å². The van der Waals surface area contributed by atoms with Gasteiger partial charge in [0.05, 0.1) is 36.5 Å². The Morgan fingerprint density at radius 1 is 0.964 bits per heavy atom. The molecule has 0 saturated carbocycles. The summed E-state index contributed by atoms with van der Waals surface area (Å²) >= 11 is 0. The second-order valence-corrected chi connectivity index (χ2v) is 14.1. The molecule has 3 aromatic carbocycles. The average molecular weight is 763 g/mol. The molecule has 0 radical (unpaired) electrons. The Morgan fingerprint density at radius 2 is 1.71 bits per heavy atom. The molecule has 2 heterocycles. The van der Waals surface area contributed by atoms with Crippen molar-refractivity contribution in [1.82, 2.24) is 25.9 Å². The molecule has 8 N–H and O–H groups in total. The van der Waals surface area contributed by atoms with Gasteiger partial charge in [-0.3, -0.25) is 24.0 Å². The number of carbonyl (C=O) groups is 5. The Kier molecular flexibility index (Phi) is 13.5. The summed E-state index contributed by atoms with van der Waals surface area (Å²) in [6.45, 7) is 10.0. The number of nitrogens with one attached hydrogen (secondary N) is 4. The number of hydrogen-bond acceptors (Lipinski definition) is 9. The molecule has 4 aromatic rings. The first kappa shape index (κ1) is 41.0. The van der Waals surface area contributed by atoms with Crippen LogP contribution in [0.25, 0.3) is 22.5 Å². The smallest absolute Gasteiger partial charge is 0.255 e. The molecule has 0 aliphatic carbocycles. The van der Waals surface area contributed by atoms with Crippen molar-refractivity contribution in [3.05, 3.63) is 93.8 Å². The van der Waals surface area contributed by atoms with E-state index in [0.29, 0.717) is 51.6 Å². The lowest BCUT2D eigenvalue weighted by Crippen LogP contribution is -2.49. The van der Waals surface area contributed by atoms with Gasteiger partial charge in [-0.25, -0.2) is 9.97 Å². The third kappa shape index (κ3) is 10.1. The highest BCUT2D eigenvalue weighted by Gasteiger charge is 2.26. The van der Waals surface area contributed by atoms with Gasteiger partial charge >= 0.3 is 0 Å². The van der Waals surface area contributed by atoms with Gasteiger partial charge in [-0.2, -0.15) is 0 Å². The number of ether oxygens (including phenoxy) is 1. The number of amides is 5. The topological polar surface area (TPSA) is 221 Å². The summed E-state index contributed by atoms with van der Waals surface area (Å²) in [5.41, 5.74) is 18.7. The number of aromatic nitrogens is 2. The van der Waals surface area contributed by atoms with Crippen LogP contribution in [0.2, 0.25) is 0 Å². The molecule has 5 rings (SSSR count). The molecule has 1 unspecified atom stereocenters. The molecule has 1 aromatic heterocycles. The molecule has 294 valence electrons. The maximum atomic E-state index is 14.0. The molecule has 0 spiro atoms. The number of nitrogens with zero attached hydrogens (tertiary/aromatic N) is 2. The summed E-state index contributed by atoms with van der Waals surface area (Å²) < 4.78 is 6.00. The summed E-state index contributed by atoms with van der Waals surface area (Å²) in [7, 11) is 0. The Hall–Kier alpha value is -6.15. The first-order valence-electron chi connectivity index (χ1n) is 18.8. The number of hydrogen-bond donors (Lipinski definition) is 6. The number of fused-ring (bicyclic) bond motifs is 5. The first-order valence-corrected chi connectivity index (χ1v) is 18.8. The molecule has 5 amide bonds. The summed E-state index contributed by atoms with van der Waals surface area (Å²) in [6, 6.07) is 12.7. The summed E-state index contributed by atoms with van der Waals surface area (Å²) in [6.07, 6.45) is 3.66. The van der Waals surface area contributed by atoms with Crippen LogP contribution in [0.15, 0.2) is 54.7 Å². The largest absolute Gasteiger partial charge is 0.493 e. The number of primary amides is 1. The third-order valence-electron chi connectivity index (χ3n) is 9.57. The maximum Gasteiger partial charge on any atom is 0.255 e. The van der Waals surface area contributed by atoms with Gasteiger partial charge in [0, 0.05) is 23.7 Å². The Balaban J connectivity index is 1.41. The van der Waals surface area contributed by atoms with Crippen molar-refractivity contribution in [2.75, 3.05) is 25.0 Å². The van der Waals surface area contributed by atoms with Crippen molar-refractivity contribution in [3.8, 4) is 28.3 Å². The quantitative estimate of drug-likeness (QED) is 0.116. The molecule has 14 nitrogen and oxygen atoms in total. The second-order valence-electron chi connectivity index (χ2n) is 14.1. The van der Waals surface area contributed by atoms with Gasteiger partial charge < -0.3 is 37.5 Å². The highest BCUT2D eigenvalue weighted by molar-refractivity contribution is 6.04. The number of aryl methyl sites for hydroxylation is 4. The molecule has 0 fully saturated rings. The number of anilines is 1. The molecule has 56 heavy (non-hydrogen) atoms. The van der Waals surface area contributed by atoms with E-state index < -0.39 is 35.7 Å². The SMILES string of the molecule is CCCCOc1c(C)cc(-c2ncc(C(=O)N[C@@H](CCN)C(=O)Nc3c(C)cc4cc3-c3cccc(c3)CC(=O)NCC(=O)NC(C(N)=O)C4)c(C)n2)cc1C. The second kappa shape index (κ2) is 18.5. The van der Waals surface area contributed by atoms with Gasteiger partial charge in [0.2, 0.25) is 23.6 Å². The average Bonchev–Trinajstić information content (AvgIpc) is 3.15. The van der Waals surface area contributed by atoms with Crippen molar-refractivity contribution >= 4 is 35.2 Å². The zero-order valence-corrected chi connectivity index (χ0v) is 32.5. The summed E-state index contributed by atoms with van der Waals surface area (Å²) in [5, 5.41) is 11.0. The Morgan fingerprint density at radius 3 is 2.39 bits per heavy atom. The van der Waals surface area contributed by atoms with E-state index in [-0.39, 0.29) is 43.8 Å². The normalized spacial score (nSPS) is 14.8. The van der Waals surface area contributed by atoms with Gasteiger partial charge in [0.1, 0.15) is 17.8 Å². The van der Waals surface area contributed by atoms with Crippen molar-refractivity contribution in [3.63, 3.8) is 0 Å². The molecule has 4 bridgehead atoms. The van der Waals surface area contributed by atoms with Crippen LogP contribution < -0.4 is 37.5 Å². The highest BCUT2D eigenvalue weighted by Crippen LogP contribution is 2.34. The standard InChI is InChI=1S/C42H50N8O6/c1-6-7-13-56-38-24(3)15-30(16-25(38)4)40-46-21-32(26(5)47-40)41(54)49-33(11-12-43)42(55)50-37-23(2)14-28-18-31(37)29-10-8-9-27(17-29)20-35(51)45-22-36(52)48-34(19-28)39(44)53/h8-10,14-18,21,33-34H,6-7,11-13,19-20,22,43H2,1-5H3,(H2,44,53)(H,45,51)(H,48,52)(H,49,54)(H,50,55)/t33-,34?/m0/s1.